The molecule has 2 aliphatic rings. The molecule has 37 heavy (non-hydrogen) atoms. The standard InChI is InChI=1S/C15H14N.C13H10.C5H5.2CH3.Zr/c1-16(2)13-7-8-15-12(10-13)9-11-5-3-4-6-14(11)15;1-3-7-12(8-4-1)11-13-9-5-2-6-10-13;1-2-4-5-3-1;;;/h3-8H,9H2,1-2H3;1-10H;1-3H,4H2;2*1H3;. The summed E-state index contributed by atoms with van der Waals surface area (Å²) in [5, 5.41) is 0. The third-order valence-electron chi connectivity index (χ3n) is 8.81. The van der Waals surface area contributed by atoms with Gasteiger partial charge in [-0.1, -0.05) is 0 Å². The number of benzene rings is 4. The van der Waals surface area contributed by atoms with Crippen LogP contribution in [0.2, 0.25) is 9.26 Å². The van der Waals surface area contributed by atoms with Crippen LogP contribution in [-0.4, -0.2) is 17.3 Å². The Bertz CT molecular complexity index is 1590. The van der Waals surface area contributed by atoms with Gasteiger partial charge >= 0.3 is 224 Å². The molecule has 0 aromatic heterocycles. The van der Waals surface area contributed by atoms with Crippen LogP contribution in [0.4, 0.5) is 5.69 Å². The molecule has 2 aliphatic carbocycles. The topological polar surface area (TPSA) is 3.24 Å². The van der Waals surface area contributed by atoms with Crippen molar-refractivity contribution in [3.05, 3.63) is 141 Å². The van der Waals surface area contributed by atoms with Crippen molar-refractivity contribution < 1.29 is 18.3 Å². The Kier molecular flexibility index (Phi) is 5.92. The normalized spacial score (nSPS) is 14.2. The number of fused-ring (bicyclic) bond motifs is 3. The molecular formula is C35H35NZr. The van der Waals surface area contributed by atoms with Crippen molar-refractivity contribution in [1.82, 2.24) is 0 Å². The Morgan fingerprint density at radius 2 is 1.32 bits per heavy atom. The maximum atomic E-state index is 2.70. The molecule has 4 aromatic carbocycles. The van der Waals surface area contributed by atoms with E-state index in [0.717, 1.165) is 12.8 Å². The molecule has 0 bridgehead atoms. The first-order valence-electron chi connectivity index (χ1n) is 13.4. The molecule has 0 amide bonds. The van der Waals surface area contributed by atoms with Gasteiger partial charge in [0.25, 0.3) is 0 Å². The second-order valence-corrected chi connectivity index (χ2v) is 27.2. The van der Waals surface area contributed by atoms with Crippen LogP contribution in [0.5, 0.6) is 0 Å². The summed E-state index contributed by atoms with van der Waals surface area (Å²) >= 11 is -4.25. The van der Waals surface area contributed by atoms with Crippen LogP contribution in [0.25, 0.3) is 11.1 Å². The number of anilines is 1. The predicted molar refractivity (Wildman–Crippen MR) is 158 cm³/mol. The molecule has 2 heteroatoms. The summed E-state index contributed by atoms with van der Waals surface area (Å²) in [7, 11) is 4.43. The van der Waals surface area contributed by atoms with Crippen molar-refractivity contribution in [2.75, 3.05) is 19.0 Å². The summed E-state index contributed by atoms with van der Waals surface area (Å²) in [5.41, 5.74) is 9.91. The molecule has 0 atom stereocenters. The van der Waals surface area contributed by atoms with Gasteiger partial charge < -0.3 is 0 Å². The van der Waals surface area contributed by atoms with Crippen LogP contribution < -0.4 is 8.17 Å². The third-order valence-corrected chi connectivity index (χ3v) is 24.6. The SMILES string of the molecule is CN(C)c1ccc2c([c]1[Zr]([CH3])([CH3])([C]1=CC=CC1)=[C](c1ccccc1)c1ccccc1)Cc1ccccc1-2. The first kappa shape index (κ1) is 24.3. The van der Waals surface area contributed by atoms with Gasteiger partial charge in [0, 0.05) is 0 Å². The van der Waals surface area contributed by atoms with Gasteiger partial charge in [-0.15, -0.1) is 0 Å². The molecule has 0 spiro atoms. The molecule has 6 rings (SSSR count). The first-order chi connectivity index (χ1) is 17.9. The number of rotatable bonds is 5. The van der Waals surface area contributed by atoms with Gasteiger partial charge in [-0.3, -0.25) is 0 Å². The Morgan fingerprint density at radius 3 is 1.92 bits per heavy atom. The zero-order valence-corrected chi connectivity index (χ0v) is 24.8. The Labute approximate surface area is 222 Å². The molecular weight excluding hydrogens is 526 g/mol. The van der Waals surface area contributed by atoms with Crippen LogP contribution in [-0.2, 0) is 24.7 Å². The fourth-order valence-electron chi connectivity index (χ4n) is 7.10. The van der Waals surface area contributed by atoms with E-state index >= 15 is 0 Å². The third kappa shape index (κ3) is 3.72. The summed E-state index contributed by atoms with van der Waals surface area (Å²) in [6.07, 6.45) is 9.14. The van der Waals surface area contributed by atoms with Gasteiger partial charge in [0.05, 0.1) is 0 Å². The molecule has 0 radical (unpaired) electrons. The Hall–Kier alpha value is -3.09. The van der Waals surface area contributed by atoms with Gasteiger partial charge in [0.2, 0.25) is 0 Å². The fraction of sp³-hybridized carbons (Fsp3) is 0.171. The van der Waals surface area contributed by atoms with Crippen molar-refractivity contribution >= 4 is 12.2 Å². The van der Waals surface area contributed by atoms with E-state index in [9.17, 15) is 0 Å². The van der Waals surface area contributed by atoms with E-state index in [-0.39, 0.29) is 0 Å². The van der Waals surface area contributed by atoms with Crippen LogP contribution in [0.15, 0.2) is 119 Å². The van der Waals surface area contributed by atoms with E-state index in [1.165, 1.54) is 33.5 Å². The van der Waals surface area contributed by atoms with E-state index in [1.54, 1.807) is 15.3 Å². The second-order valence-electron chi connectivity index (χ2n) is 11.5. The molecule has 0 saturated heterocycles. The van der Waals surface area contributed by atoms with E-state index in [1.807, 2.05) is 0 Å². The molecule has 0 unspecified atom stereocenters. The summed E-state index contributed by atoms with van der Waals surface area (Å²) in [4.78, 5) is 2.36. The quantitative estimate of drug-likeness (QED) is 0.212. The number of hydrogen-bond acceptors (Lipinski definition) is 1. The molecule has 4 aromatic rings. The molecule has 0 fully saturated rings. The average molecular weight is 561 g/mol. The minimum absolute atomic E-state index is 1.01. The zero-order valence-electron chi connectivity index (χ0n) is 22.3. The zero-order chi connectivity index (χ0) is 25.6. The van der Waals surface area contributed by atoms with Gasteiger partial charge in [0.1, 0.15) is 0 Å². The van der Waals surface area contributed by atoms with E-state index < -0.39 is 18.3 Å². The van der Waals surface area contributed by atoms with Crippen molar-refractivity contribution in [3.63, 3.8) is 0 Å². The number of hydrogen-bond donors (Lipinski definition) is 0. The average Bonchev–Trinajstić information content (AvgIpc) is 3.59. The van der Waals surface area contributed by atoms with E-state index in [0.29, 0.717) is 0 Å². The van der Waals surface area contributed by atoms with Gasteiger partial charge in [-0.25, -0.2) is 0 Å². The Balaban J connectivity index is 1.86. The molecule has 184 valence electrons. The molecule has 0 heterocycles. The fourth-order valence-corrected chi connectivity index (χ4v) is 23.0. The molecule has 0 aliphatic heterocycles. The summed E-state index contributed by atoms with van der Waals surface area (Å²) in [6.45, 7) is 0. The van der Waals surface area contributed by atoms with Crippen molar-refractivity contribution in [3.8, 4) is 11.1 Å². The van der Waals surface area contributed by atoms with E-state index in [4.69, 9.17) is 0 Å². The second kappa shape index (κ2) is 9.03. The molecule has 1 nitrogen and oxygen atoms in total. The molecule has 0 N–H and O–H groups in total. The van der Waals surface area contributed by atoms with Crippen LogP contribution >= 0.6 is 0 Å². The number of allylic oxidation sites excluding steroid dienone is 4. The van der Waals surface area contributed by atoms with E-state index in [2.05, 4.69) is 144 Å². The monoisotopic (exact) mass is 559 g/mol. The van der Waals surface area contributed by atoms with Gasteiger partial charge in [-0.05, 0) is 0 Å². The first-order valence-corrected chi connectivity index (χ1v) is 22.0. The predicted octanol–water partition coefficient (Wildman–Crippen LogP) is 7.85. The summed E-state index contributed by atoms with van der Waals surface area (Å²) in [6, 6.07) is 36.2. The molecule has 0 saturated carbocycles. The summed E-state index contributed by atoms with van der Waals surface area (Å²) in [5.74, 6) is 0. The van der Waals surface area contributed by atoms with Crippen LogP contribution in [0, 0.1) is 0 Å². The van der Waals surface area contributed by atoms with Crippen LogP contribution in [0.1, 0.15) is 28.7 Å². The van der Waals surface area contributed by atoms with Gasteiger partial charge in [0.15, 0.2) is 0 Å². The Morgan fingerprint density at radius 1 is 0.703 bits per heavy atom. The van der Waals surface area contributed by atoms with Crippen LogP contribution in [0.3, 0.4) is 0 Å². The van der Waals surface area contributed by atoms with Crippen molar-refractivity contribution in [1.29, 1.82) is 0 Å². The number of nitrogens with zero attached hydrogens (tertiary/aromatic N) is 1. The summed E-state index contributed by atoms with van der Waals surface area (Å²) < 4.78 is 10.2. The van der Waals surface area contributed by atoms with Crippen molar-refractivity contribution in [2.24, 2.45) is 0 Å². The minimum atomic E-state index is -4.25. The maximum absolute atomic E-state index is 4.25. The van der Waals surface area contributed by atoms with Gasteiger partial charge in [-0.2, -0.15) is 0 Å². The van der Waals surface area contributed by atoms with Crippen molar-refractivity contribution in [2.45, 2.75) is 22.1 Å².